The zero-order chi connectivity index (χ0) is 8.85. The van der Waals surface area contributed by atoms with Gasteiger partial charge in [-0.1, -0.05) is 13.8 Å². The fraction of sp³-hybridized carbons (Fsp3) is 0.429. The summed E-state index contributed by atoms with van der Waals surface area (Å²) in [6.45, 7) is 5.58. The number of H-pyrrole nitrogens is 2. The maximum absolute atomic E-state index is 10.6. The first-order valence-corrected chi connectivity index (χ1v) is 3.49. The highest BCUT2D eigenvalue weighted by Gasteiger charge is 1.93. The molecule has 0 aromatic carbocycles. The molecule has 0 spiro atoms. The second-order valence-electron chi connectivity index (χ2n) is 1.75. The molecule has 0 radical (unpaired) electrons. The van der Waals surface area contributed by atoms with E-state index in [9.17, 15) is 9.59 Å². The van der Waals surface area contributed by atoms with Crippen molar-refractivity contribution in [2.24, 2.45) is 0 Å². The molecule has 0 aliphatic heterocycles. The minimum Gasteiger partial charge on any atom is -0.305 e. The summed E-state index contributed by atoms with van der Waals surface area (Å²) in [5.74, 6) is 0. The standard InChI is InChI=1S/C5H6N2O2.C2H6/c1-3-2-6-7-5(9)4(3)8;1-2/h2H,1H3,(H,6,8)(H,7,9);1-2H3. The van der Waals surface area contributed by atoms with Gasteiger partial charge in [0.05, 0.1) is 0 Å². The SMILES string of the molecule is CC.Cc1c[nH][nH]c(=O)c1=O. The number of aryl methyl sites for hydroxylation is 1. The molecule has 4 heteroatoms. The zero-order valence-corrected chi connectivity index (χ0v) is 6.89. The van der Waals surface area contributed by atoms with E-state index in [1.165, 1.54) is 6.20 Å². The predicted molar refractivity (Wildman–Crippen MR) is 43.8 cm³/mol. The van der Waals surface area contributed by atoms with Crippen LogP contribution in [0.1, 0.15) is 19.4 Å². The van der Waals surface area contributed by atoms with Gasteiger partial charge in [0.1, 0.15) is 0 Å². The normalized spacial score (nSPS) is 8.27. The first-order valence-electron chi connectivity index (χ1n) is 3.49. The van der Waals surface area contributed by atoms with E-state index < -0.39 is 11.0 Å². The van der Waals surface area contributed by atoms with Crippen LogP contribution in [-0.2, 0) is 0 Å². The van der Waals surface area contributed by atoms with Crippen LogP contribution in [0.4, 0.5) is 0 Å². The Hall–Kier alpha value is -1.32. The molecule has 1 aromatic heterocycles. The van der Waals surface area contributed by atoms with Crippen LogP contribution in [0.3, 0.4) is 0 Å². The van der Waals surface area contributed by atoms with Gasteiger partial charge in [0, 0.05) is 11.8 Å². The molecule has 0 aliphatic carbocycles. The van der Waals surface area contributed by atoms with E-state index in [1.807, 2.05) is 13.8 Å². The predicted octanol–water partition coefficient (Wildman–Crippen LogP) is 0.398. The first-order chi connectivity index (χ1) is 5.22. The Morgan fingerprint density at radius 2 is 1.82 bits per heavy atom. The van der Waals surface area contributed by atoms with Crippen LogP contribution in [0.15, 0.2) is 15.8 Å². The molecule has 0 unspecified atom stereocenters. The topological polar surface area (TPSA) is 65.7 Å². The molecule has 1 rings (SSSR count). The molecular formula is C7H12N2O2. The van der Waals surface area contributed by atoms with Crippen molar-refractivity contribution in [3.63, 3.8) is 0 Å². The summed E-state index contributed by atoms with van der Waals surface area (Å²) in [7, 11) is 0. The van der Waals surface area contributed by atoms with Gasteiger partial charge in [0.25, 0.3) is 0 Å². The average molecular weight is 156 g/mol. The summed E-state index contributed by atoms with van der Waals surface area (Å²) in [5, 5.41) is 4.58. The second kappa shape index (κ2) is 4.49. The smallest absolute Gasteiger partial charge is 0.305 e. The van der Waals surface area contributed by atoms with Gasteiger partial charge >= 0.3 is 5.56 Å². The lowest BCUT2D eigenvalue weighted by Crippen LogP contribution is -2.28. The van der Waals surface area contributed by atoms with Crippen molar-refractivity contribution < 1.29 is 0 Å². The Morgan fingerprint density at radius 3 is 2.18 bits per heavy atom. The third-order valence-corrected chi connectivity index (χ3v) is 1.04. The fourth-order valence-electron chi connectivity index (χ4n) is 0.511. The lowest BCUT2D eigenvalue weighted by molar-refractivity contribution is 0.954. The van der Waals surface area contributed by atoms with Gasteiger partial charge in [-0.05, 0) is 6.92 Å². The van der Waals surface area contributed by atoms with Crippen molar-refractivity contribution in [2.75, 3.05) is 0 Å². The Bertz CT molecular complexity index is 311. The second-order valence-corrected chi connectivity index (χ2v) is 1.75. The first kappa shape index (κ1) is 9.68. The lowest BCUT2D eigenvalue weighted by Gasteiger charge is -1.84. The van der Waals surface area contributed by atoms with Gasteiger partial charge in [0.15, 0.2) is 0 Å². The molecular weight excluding hydrogens is 144 g/mol. The van der Waals surface area contributed by atoms with Crippen molar-refractivity contribution in [1.29, 1.82) is 0 Å². The van der Waals surface area contributed by atoms with Crippen LogP contribution in [0.5, 0.6) is 0 Å². The monoisotopic (exact) mass is 156 g/mol. The summed E-state index contributed by atoms with van der Waals surface area (Å²) < 4.78 is 0. The molecule has 4 nitrogen and oxygen atoms in total. The fourth-order valence-corrected chi connectivity index (χ4v) is 0.511. The molecule has 0 saturated heterocycles. The molecule has 1 aromatic rings. The highest BCUT2D eigenvalue weighted by Crippen LogP contribution is 1.73. The van der Waals surface area contributed by atoms with Gasteiger partial charge in [0.2, 0.25) is 5.43 Å². The summed E-state index contributed by atoms with van der Waals surface area (Å²) in [6, 6.07) is 0. The number of aromatic nitrogens is 2. The average Bonchev–Trinajstić information content (AvgIpc) is 2.04. The summed E-state index contributed by atoms with van der Waals surface area (Å²) in [4.78, 5) is 21.0. The van der Waals surface area contributed by atoms with Crippen molar-refractivity contribution in [3.8, 4) is 0 Å². The number of nitrogens with one attached hydrogen (secondary N) is 2. The molecule has 0 atom stereocenters. The lowest BCUT2D eigenvalue weighted by atomic mass is 10.3. The minimum absolute atomic E-state index is 0.429. The quantitative estimate of drug-likeness (QED) is 0.534. The molecule has 1 heterocycles. The maximum Gasteiger partial charge on any atom is 0.310 e. The molecule has 0 saturated carbocycles. The van der Waals surface area contributed by atoms with Crippen LogP contribution >= 0.6 is 0 Å². The van der Waals surface area contributed by atoms with E-state index in [0.29, 0.717) is 5.56 Å². The van der Waals surface area contributed by atoms with Crippen LogP contribution in [0, 0.1) is 6.92 Å². The molecule has 0 aliphatic rings. The Balaban J connectivity index is 0.000000461. The summed E-state index contributed by atoms with van der Waals surface area (Å²) in [6.07, 6.45) is 1.45. The molecule has 0 amide bonds. The van der Waals surface area contributed by atoms with Gasteiger partial charge in [-0.15, -0.1) is 0 Å². The Kier molecular flexibility index (Phi) is 3.95. The van der Waals surface area contributed by atoms with Gasteiger partial charge in [-0.2, -0.15) is 0 Å². The highest BCUT2D eigenvalue weighted by molar-refractivity contribution is 5.02. The van der Waals surface area contributed by atoms with Crippen LogP contribution in [0.2, 0.25) is 0 Å². The van der Waals surface area contributed by atoms with Crippen LogP contribution in [0.25, 0.3) is 0 Å². The number of hydrogen-bond donors (Lipinski definition) is 2. The molecule has 2 N–H and O–H groups in total. The van der Waals surface area contributed by atoms with Crippen molar-refractivity contribution >= 4 is 0 Å². The third-order valence-electron chi connectivity index (χ3n) is 1.04. The van der Waals surface area contributed by atoms with Gasteiger partial charge in [-0.3, -0.25) is 14.7 Å². The third kappa shape index (κ3) is 2.41. The summed E-state index contributed by atoms with van der Waals surface area (Å²) >= 11 is 0. The van der Waals surface area contributed by atoms with Crippen molar-refractivity contribution in [2.45, 2.75) is 20.8 Å². The molecule has 11 heavy (non-hydrogen) atoms. The van der Waals surface area contributed by atoms with Gasteiger partial charge < -0.3 is 5.10 Å². The van der Waals surface area contributed by atoms with Crippen LogP contribution in [-0.4, -0.2) is 10.2 Å². The number of rotatable bonds is 0. The van der Waals surface area contributed by atoms with Crippen LogP contribution < -0.4 is 11.0 Å². The molecule has 62 valence electrons. The summed E-state index contributed by atoms with van der Waals surface area (Å²) in [5.41, 5.74) is -0.650. The zero-order valence-electron chi connectivity index (χ0n) is 6.89. The Labute approximate surface area is 64.3 Å². The van der Waals surface area contributed by atoms with E-state index >= 15 is 0 Å². The van der Waals surface area contributed by atoms with E-state index in [0.717, 1.165) is 0 Å². The highest BCUT2D eigenvalue weighted by atomic mass is 16.2. The number of aromatic amines is 2. The van der Waals surface area contributed by atoms with Gasteiger partial charge in [-0.25, -0.2) is 0 Å². The van der Waals surface area contributed by atoms with E-state index in [2.05, 4.69) is 10.2 Å². The molecule has 0 bridgehead atoms. The van der Waals surface area contributed by atoms with Crippen molar-refractivity contribution in [3.05, 3.63) is 32.3 Å². The van der Waals surface area contributed by atoms with Crippen molar-refractivity contribution in [1.82, 2.24) is 10.2 Å². The Morgan fingerprint density at radius 1 is 1.27 bits per heavy atom. The maximum atomic E-state index is 10.6. The minimum atomic E-state index is -0.602. The molecule has 0 fully saturated rings. The van der Waals surface area contributed by atoms with E-state index in [-0.39, 0.29) is 0 Å². The van der Waals surface area contributed by atoms with E-state index in [4.69, 9.17) is 0 Å². The largest absolute Gasteiger partial charge is 0.310 e. The number of hydrogen-bond acceptors (Lipinski definition) is 2. The van der Waals surface area contributed by atoms with E-state index in [1.54, 1.807) is 6.92 Å².